The van der Waals surface area contributed by atoms with Crippen LogP contribution < -0.4 is 10.5 Å². The van der Waals surface area contributed by atoms with Crippen LogP contribution >= 0.6 is 0 Å². The molecule has 114 valence electrons. The van der Waals surface area contributed by atoms with Crippen molar-refractivity contribution in [3.8, 4) is 0 Å². The number of benzene rings is 1. The summed E-state index contributed by atoms with van der Waals surface area (Å²) in [6, 6.07) is 2.78. The molecule has 1 atom stereocenters. The first-order valence-corrected chi connectivity index (χ1v) is 7.75. The summed E-state index contributed by atoms with van der Waals surface area (Å²) in [7, 11) is -3.93. The number of nitrogens with zero attached hydrogens (tertiary/aromatic N) is 1. The van der Waals surface area contributed by atoms with Crippen molar-refractivity contribution in [3.05, 3.63) is 47.4 Å². The van der Waals surface area contributed by atoms with Crippen molar-refractivity contribution in [2.75, 3.05) is 0 Å². The first kappa shape index (κ1) is 15.6. The third-order valence-electron chi connectivity index (χ3n) is 2.88. The Balaban J connectivity index is 2.32. The quantitative estimate of drug-likeness (QED) is 0.874. The van der Waals surface area contributed by atoms with Gasteiger partial charge >= 0.3 is 0 Å². The number of aryl methyl sites for hydroxylation is 1. The molecular formula is C13H16FN3O3S. The topological polar surface area (TPSA) is 98.2 Å². The number of aromatic nitrogens is 1. The smallest absolute Gasteiger partial charge is 0.241 e. The summed E-state index contributed by atoms with van der Waals surface area (Å²) >= 11 is 0. The van der Waals surface area contributed by atoms with Crippen LogP contribution in [0.2, 0.25) is 0 Å². The van der Waals surface area contributed by atoms with Gasteiger partial charge < -0.3 is 10.2 Å². The van der Waals surface area contributed by atoms with Crippen molar-refractivity contribution in [1.29, 1.82) is 0 Å². The summed E-state index contributed by atoms with van der Waals surface area (Å²) in [4.78, 5) is 3.78. The van der Waals surface area contributed by atoms with Crippen molar-refractivity contribution in [2.45, 2.75) is 31.3 Å². The maximum absolute atomic E-state index is 13.3. The predicted octanol–water partition coefficient (Wildman–Crippen LogP) is 1.62. The van der Waals surface area contributed by atoms with Crippen LogP contribution in [0.1, 0.15) is 30.2 Å². The molecule has 0 radical (unpaired) electrons. The van der Waals surface area contributed by atoms with Gasteiger partial charge in [0.15, 0.2) is 0 Å². The Morgan fingerprint density at radius 2 is 2.19 bits per heavy atom. The van der Waals surface area contributed by atoms with Crippen molar-refractivity contribution in [2.24, 2.45) is 5.73 Å². The van der Waals surface area contributed by atoms with E-state index < -0.39 is 21.9 Å². The van der Waals surface area contributed by atoms with Crippen molar-refractivity contribution in [1.82, 2.24) is 9.71 Å². The number of rotatable bonds is 5. The van der Waals surface area contributed by atoms with E-state index in [-0.39, 0.29) is 17.3 Å². The van der Waals surface area contributed by atoms with Crippen LogP contribution in [-0.4, -0.2) is 13.4 Å². The molecule has 3 N–H and O–H groups in total. The van der Waals surface area contributed by atoms with Gasteiger partial charge in [-0.3, -0.25) is 0 Å². The van der Waals surface area contributed by atoms with E-state index in [1.54, 1.807) is 13.8 Å². The van der Waals surface area contributed by atoms with Gasteiger partial charge in [-0.05, 0) is 31.5 Å². The SMILES string of the molecule is Cc1cnc(C(C)NS(=O)(=O)c2cc(F)ccc2CN)o1. The van der Waals surface area contributed by atoms with Gasteiger partial charge in [0.05, 0.1) is 17.1 Å². The minimum atomic E-state index is -3.93. The molecule has 2 rings (SSSR count). The van der Waals surface area contributed by atoms with Crippen LogP contribution in [0.3, 0.4) is 0 Å². The summed E-state index contributed by atoms with van der Waals surface area (Å²) < 4.78 is 45.7. The minimum absolute atomic E-state index is 0.0109. The highest BCUT2D eigenvalue weighted by Gasteiger charge is 2.24. The molecule has 1 unspecified atom stereocenters. The fourth-order valence-electron chi connectivity index (χ4n) is 1.87. The zero-order valence-corrected chi connectivity index (χ0v) is 12.4. The second kappa shape index (κ2) is 5.92. The summed E-state index contributed by atoms with van der Waals surface area (Å²) in [5, 5.41) is 0. The molecule has 0 spiro atoms. The van der Waals surface area contributed by atoms with E-state index in [0.29, 0.717) is 11.3 Å². The average Bonchev–Trinajstić information content (AvgIpc) is 2.85. The highest BCUT2D eigenvalue weighted by atomic mass is 32.2. The van der Waals surface area contributed by atoms with E-state index in [4.69, 9.17) is 10.2 Å². The van der Waals surface area contributed by atoms with Crippen molar-refractivity contribution < 1.29 is 17.2 Å². The lowest BCUT2D eigenvalue weighted by Gasteiger charge is -2.13. The Hall–Kier alpha value is -1.77. The van der Waals surface area contributed by atoms with Crippen LogP contribution in [0.25, 0.3) is 0 Å². The van der Waals surface area contributed by atoms with Crippen molar-refractivity contribution in [3.63, 3.8) is 0 Å². The largest absolute Gasteiger partial charge is 0.444 e. The minimum Gasteiger partial charge on any atom is -0.444 e. The summed E-state index contributed by atoms with van der Waals surface area (Å²) in [5.74, 6) is 0.165. The molecule has 6 nitrogen and oxygen atoms in total. The van der Waals surface area contributed by atoms with Crippen LogP contribution in [0.15, 0.2) is 33.7 Å². The van der Waals surface area contributed by atoms with Gasteiger partial charge in [0, 0.05) is 6.54 Å². The fraction of sp³-hybridized carbons (Fsp3) is 0.308. The van der Waals surface area contributed by atoms with E-state index in [1.165, 1.54) is 18.3 Å². The second-order valence-electron chi connectivity index (χ2n) is 4.61. The Morgan fingerprint density at radius 1 is 1.48 bits per heavy atom. The Morgan fingerprint density at radius 3 is 2.76 bits per heavy atom. The zero-order valence-electron chi connectivity index (χ0n) is 11.6. The van der Waals surface area contributed by atoms with Crippen molar-refractivity contribution >= 4 is 10.0 Å². The molecule has 0 saturated carbocycles. The molecule has 21 heavy (non-hydrogen) atoms. The molecule has 1 heterocycles. The molecule has 0 amide bonds. The van der Waals surface area contributed by atoms with Gasteiger partial charge in [0.25, 0.3) is 0 Å². The number of hydrogen-bond acceptors (Lipinski definition) is 5. The third-order valence-corrected chi connectivity index (χ3v) is 4.50. The van der Waals surface area contributed by atoms with Gasteiger partial charge in [-0.15, -0.1) is 0 Å². The van der Waals surface area contributed by atoms with E-state index >= 15 is 0 Å². The normalized spacial score (nSPS) is 13.3. The number of oxazole rings is 1. The standard InChI is InChI=1S/C13H16FN3O3S/c1-8-7-16-13(20-8)9(2)17-21(18,19)12-5-11(14)4-3-10(12)6-15/h3-5,7,9,17H,6,15H2,1-2H3. The summed E-state index contributed by atoms with van der Waals surface area (Å²) in [6.07, 6.45) is 1.49. The fourth-order valence-corrected chi connectivity index (χ4v) is 3.32. The van der Waals surface area contributed by atoms with Gasteiger partial charge in [-0.25, -0.2) is 17.8 Å². The Bertz CT molecular complexity index is 743. The molecule has 0 fully saturated rings. The predicted molar refractivity (Wildman–Crippen MR) is 74.3 cm³/mol. The zero-order chi connectivity index (χ0) is 15.6. The van der Waals surface area contributed by atoms with E-state index in [1.807, 2.05) is 0 Å². The molecule has 0 aliphatic carbocycles. The molecule has 0 bridgehead atoms. The van der Waals surface area contributed by atoms with Crippen LogP contribution in [-0.2, 0) is 16.6 Å². The lowest BCUT2D eigenvalue weighted by Crippen LogP contribution is -2.28. The molecule has 0 aliphatic rings. The van der Waals surface area contributed by atoms with E-state index in [0.717, 1.165) is 6.07 Å². The number of nitrogens with one attached hydrogen (secondary N) is 1. The molecule has 8 heteroatoms. The highest BCUT2D eigenvalue weighted by Crippen LogP contribution is 2.20. The summed E-state index contributed by atoms with van der Waals surface area (Å²) in [5.41, 5.74) is 5.83. The van der Waals surface area contributed by atoms with Gasteiger partial charge in [-0.1, -0.05) is 6.07 Å². The highest BCUT2D eigenvalue weighted by molar-refractivity contribution is 7.89. The molecule has 1 aromatic heterocycles. The molecular weight excluding hydrogens is 297 g/mol. The lowest BCUT2D eigenvalue weighted by atomic mass is 10.2. The second-order valence-corrected chi connectivity index (χ2v) is 6.29. The van der Waals surface area contributed by atoms with Gasteiger partial charge in [-0.2, -0.15) is 4.72 Å². The molecule has 2 aromatic rings. The van der Waals surface area contributed by atoms with Gasteiger partial charge in [0.1, 0.15) is 11.6 Å². The molecule has 0 saturated heterocycles. The number of hydrogen-bond donors (Lipinski definition) is 2. The van der Waals surface area contributed by atoms with Crippen LogP contribution in [0, 0.1) is 12.7 Å². The Labute approximate surface area is 122 Å². The van der Waals surface area contributed by atoms with Crippen LogP contribution in [0.5, 0.6) is 0 Å². The monoisotopic (exact) mass is 313 g/mol. The molecule has 1 aromatic carbocycles. The first-order valence-electron chi connectivity index (χ1n) is 6.26. The number of halogens is 1. The molecule has 0 aliphatic heterocycles. The first-order chi connectivity index (χ1) is 9.83. The lowest BCUT2D eigenvalue weighted by molar-refractivity contribution is 0.427. The van der Waals surface area contributed by atoms with E-state index in [9.17, 15) is 12.8 Å². The van der Waals surface area contributed by atoms with Gasteiger partial charge in [0.2, 0.25) is 15.9 Å². The third kappa shape index (κ3) is 3.46. The number of sulfonamides is 1. The number of nitrogens with two attached hydrogens (primary N) is 1. The summed E-state index contributed by atoms with van der Waals surface area (Å²) in [6.45, 7) is 3.28. The average molecular weight is 313 g/mol. The van der Waals surface area contributed by atoms with E-state index in [2.05, 4.69) is 9.71 Å². The maximum atomic E-state index is 13.3. The van der Waals surface area contributed by atoms with Crippen LogP contribution in [0.4, 0.5) is 4.39 Å². The Kier molecular flexibility index (Phi) is 4.40. The maximum Gasteiger partial charge on any atom is 0.241 e.